The van der Waals surface area contributed by atoms with E-state index in [0.717, 1.165) is 28.1 Å². The van der Waals surface area contributed by atoms with Crippen molar-refractivity contribution < 1.29 is 9.53 Å². The van der Waals surface area contributed by atoms with Gasteiger partial charge < -0.3 is 15.8 Å². The van der Waals surface area contributed by atoms with E-state index in [1.54, 1.807) is 25.4 Å². The number of fused-ring (bicyclic) bond motifs is 1. The van der Waals surface area contributed by atoms with Crippen LogP contribution in [0.3, 0.4) is 0 Å². The van der Waals surface area contributed by atoms with Crippen LogP contribution in [0.4, 0.5) is 5.69 Å². The van der Waals surface area contributed by atoms with E-state index in [0.29, 0.717) is 22.6 Å². The van der Waals surface area contributed by atoms with Crippen molar-refractivity contribution in [2.45, 2.75) is 26.7 Å². The summed E-state index contributed by atoms with van der Waals surface area (Å²) in [6.07, 6.45) is 1.80. The number of anilines is 1. The number of nitrogens with two attached hydrogens (primary N) is 1. The lowest BCUT2D eigenvalue weighted by Crippen LogP contribution is -2.28. The van der Waals surface area contributed by atoms with Gasteiger partial charge in [0, 0.05) is 45.9 Å². The number of pyridine rings is 1. The van der Waals surface area contributed by atoms with Gasteiger partial charge in [0.25, 0.3) is 0 Å². The van der Waals surface area contributed by atoms with Crippen LogP contribution in [0.25, 0.3) is 0 Å². The molecular formula is C20H20N4O2. The average molecular weight is 348 g/mol. The molecule has 0 aliphatic carbocycles. The van der Waals surface area contributed by atoms with Crippen LogP contribution in [-0.4, -0.2) is 18.0 Å². The van der Waals surface area contributed by atoms with Gasteiger partial charge >= 0.3 is 0 Å². The smallest absolute Gasteiger partial charge is 0.247 e. The number of allylic oxidation sites excluding steroid dienone is 1. The number of nitrogens with one attached hydrogen (secondary N) is 1. The molecule has 132 valence electrons. The van der Waals surface area contributed by atoms with Gasteiger partial charge in [-0.15, -0.1) is 0 Å². The molecule has 1 atom stereocenters. The Labute approximate surface area is 152 Å². The highest BCUT2D eigenvalue weighted by molar-refractivity contribution is 5.98. The van der Waals surface area contributed by atoms with E-state index in [1.807, 2.05) is 26.8 Å². The van der Waals surface area contributed by atoms with Crippen molar-refractivity contribution in [1.29, 1.82) is 5.26 Å². The third-order valence-corrected chi connectivity index (χ3v) is 4.74. The molecule has 2 heterocycles. The molecule has 1 aromatic heterocycles. The van der Waals surface area contributed by atoms with Gasteiger partial charge in [0.05, 0.1) is 18.7 Å². The second-order valence-electron chi connectivity index (χ2n) is 6.34. The van der Waals surface area contributed by atoms with E-state index in [4.69, 9.17) is 10.5 Å². The number of aromatic nitrogens is 1. The fourth-order valence-corrected chi connectivity index (χ4v) is 3.51. The van der Waals surface area contributed by atoms with Crippen molar-refractivity contribution in [3.63, 3.8) is 0 Å². The largest absolute Gasteiger partial charge is 0.496 e. The van der Waals surface area contributed by atoms with Gasteiger partial charge in [-0.2, -0.15) is 5.26 Å². The first-order chi connectivity index (χ1) is 12.4. The summed E-state index contributed by atoms with van der Waals surface area (Å²) in [6, 6.07) is 7.31. The van der Waals surface area contributed by atoms with Gasteiger partial charge in [0.1, 0.15) is 5.75 Å². The zero-order valence-electron chi connectivity index (χ0n) is 15.2. The lowest BCUT2D eigenvalue weighted by Gasteiger charge is -2.32. The first-order valence-corrected chi connectivity index (χ1v) is 8.20. The number of nitriles is 1. The number of aryl methyl sites for hydroxylation is 2. The molecule has 0 saturated carbocycles. The SMILES string of the molecule is COc1cc(C#N)ccc1C1C(C(N)=O)=C(C)Nc2c(C)cnc(C)c21. The molecule has 0 fully saturated rings. The highest BCUT2D eigenvalue weighted by atomic mass is 16.5. The maximum Gasteiger partial charge on any atom is 0.247 e. The third-order valence-electron chi connectivity index (χ3n) is 4.74. The molecule has 2 aromatic rings. The summed E-state index contributed by atoms with van der Waals surface area (Å²) in [5.74, 6) is -0.383. The summed E-state index contributed by atoms with van der Waals surface area (Å²) >= 11 is 0. The molecule has 3 rings (SSSR count). The quantitative estimate of drug-likeness (QED) is 0.888. The van der Waals surface area contributed by atoms with Crippen molar-refractivity contribution in [3.8, 4) is 11.8 Å². The first kappa shape index (κ1) is 17.5. The molecule has 1 aromatic carbocycles. The molecule has 1 aliphatic heterocycles. The van der Waals surface area contributed by atoms with Gasteiger partial charge in [-0.05, 0) is 38.5 Å². The Morgan fingerprint density at radius 2 is 2.08 bits per heavy atom. The second-order valence-corrected chi connectivity index (χ2v) is 6.34. The average Bonchev–Trinajstić information content (AvgIpc) is 2.63. The number of methoxy groups -OCH3 is 1. The van der Waals surface area contributed by atoms with Crippen LogP contribution in [0.2, 0.25) is 0 Å². The van der Waals surface area contributed by atoms with E-state index in [1.165, 1.54) is 0 Å². The molecule has 1 amide bonds. The van der Waals surface area contributed by atoms with Crippen LogP contribution in [0.5, 0.6) is 5.75 Å². The maximum atomic E-state index is 12.3. The number of rotatable bonds is 3. The summed E-state index contributed by atoms with van der Waals surface area (Å²) in [6.45, 7) is 5.71. The Morgan fingerprint density at radius 3 is 2.69 bits per heavy atom. The van der Waals surface area contributed by atoms with Crippen LogP contribution < -0.4 is 15.8 Å². The van der Waals surface area contributed by atoms with Crippen LogP contribution in [0.15, 0.2) is 35.7 Å². The highest BCUT2D eigenvalue weighted by Gasteiger charge is 2.35. The van der Waals surface area contributed by atoms with E-state index in [2.05, 4.69) is 16.4 Å². The minimum atomic E-state index is -0.502. The summed E-state index contributed by atoms with van der Waals surface area (Å²) < 4.78 is 5.52. The van der Waals surface area contributed by atoms with E-state index < -0.39 is 11.8 Å². The van der Waals surface area contributed by atoms with Gasteiger partial charge in [-0.3, -0.25) is 9.78 Å². The summed E-state index contributed by atoms with van der Waals surface area (Å²) in [4.78, 5) is 16.8. The predicted octanol–water partition coefficient (Wildman–Crippen LogP) is 2.90. The summed E-state index contributed by atoms with van der Waals surface area (Å²) in [5.41, 5.74) is 11.8. The van der Waals surface area contributed by atoms with Gasteiger partial charge in [-0.1, -0.05) is 6.07 Å². The van der Waals surface area contributed by atoms with Gasteiger partial charge in [-0.25, -0.2) is 0 Å². The minimum Gasteiger partial charge on any atom is -0.496 e. The molecular weight excluding hydrogens is 328 g/mol. The number of benzene rings is 1. The molecule has 0 saturated heterocycles. The number of hydrogen-bond acceptors (Lipinski definition) is 5. The predicted molar refractivity (Wildman–Crippen MR) is 98.8 cm³/mol. The molecule has 1 aliphatic rings. The Balaban J connectivity index is 2.36. The fraction of sp³-hybridized carbons (Fsp3) is 0.250. The van der Waals surface area contributed by atoms with Gasteiger partial charge in [0.15, 0.2) is 0 Å². The Morgan fingerprint density at radius 1 is 1.35 bits per heavy atom. The number of primary amides is 1. The van der Waals surface area contributed by atoms with Crippen molar-refractivity contribution >= 4 is 11.6 Å². The van der Waals surface area contributed by atoms with E-state index in [-0.39, 0.29) is 0 Å². The lowest BCUT2D eigenvalue weighted by molar-refractivity contribution is -0.114. The number of nitrogens with zero attached hydrogens (tertiary/aromatic N) is 2. The van der Waals surface area contributed by atoms with Crippen molar-refractivity contribution in [2.75, 3.05) is 12.4 Å². The monoisotopic (exact) mass is 348 g/mol. The van der Waals surface area contributed by atoms with E-state index in [9.17, 15) is 10.1 Å². The molecule has 1 unspecified atom stereocenters. The minimum absolute atomic E-state index is 0.418. The lowest BCUT2D eigenvalue weighted by atomic mass is 9.78. The molecule has 26 heavy (non-hydrogen) atoms. The van der Waals surface area contributed by atoms with Crippen LogP contribution in [0, 0.1) is 25.2 Å². The number of ether oxygens (including phenoxy) is 1. The Bertz CT molecular complexity index is 986. The fourth-order valence-electron chi connectivity index (χ4n) is 3.51. The van der Waals surface area contributed by atoms with Crippen LogP contribution in [-0.2, 0) is 4.79 Å². The van der Waals surface area contributed by atoms with Crippen molar-refractivity contribution in [2.24, 2.45) is 5.73 Å². The Hall–Kier alpha value is -3.33. The highest BCUT2D eigenvalue weighted by Crippen LogP contribution is 2.46. The number of amides is 1. The maximum absolute atomic E-state index is 12.3. The van der Waals surface area contributed by atoms with Gasteiger partial charge in [0.2, 0.25) is 5.91 Å². The topological polar surface area (TPSA) is 101 Å². The zero-order chi connectivity index (χ0) is 19.0. The number of carbonyl (C=O) groups is 1. The first-order valence-electron chi connectivity index (χ1n) is 8.20. The molecule has 3 N–H and O–H groups in total. The number of hydrogen-bond donors (Lipinski definition) is 2. The molecule has 0 radical (unpaired) electrons. The van der Waals surface area contributed by atoms with Crippen LogP contribution in [0.1, 0.15) is 40.8 Å². The summed E-state index contributed by atoms with van der Waals surface area (Å²) in [5, 5.41) is 12.5. The van der Waals surface area contributed by atoms with Crippen LogP contribution >= 0.6 is 0 Å². The standard InChI is InChI=1S/C20H20N4O2/c1-10-9-23-11(2)16-18(17(20(22)25)12(3)24-19(10)16)14-6-5-13(8-21)7-15(14)26-4/h5-7,9,18,24H,1-4H3,(H2,22,25). The van der Waals surface area contributed by atoms with Crippen molar-refractivity contribution in [3.05, 3.63) is 63.6 Å². The zero-order valence-corrected chi connectivity index (χ0v) is 15.2. The van der Waals surface area contributed by atoms with E-state index >= 15 is 0 Å². The number of carbonyl (C=O) groups excluding carboxylic acids is 1. The second kappa shape index (κ2) is 6.52. The van der Waals surface area contributed by atoms with Crippen molar-refractivity contribution in [1.82, 2.24) is 4.98 Å². The molecule has 0 spiro atoms. The molecule has 6 nitrogen and oxygen atoms in total. The molecule has 6 heteroatoms. The summed E-state index contributed by atoms with van der Waals surface area (Å²) in [7, 11) is 1.55. The normalized spacial score (nSPS) is 15.7. The Kier molecular flexibility index (Phi) is 4.39. The third kappa shape index (κ3) is 2.68. The molecule has 0 bridgehead atoms.